The van der Waals surface area contributed by atoms with E-state index in [1.807, 2.05) is 0 Å². The van der Waals surface area contributed by atoms with E-state index >= 15 is 0 Å². The number of benzene rings is 1. The van der Waals surface area contributed by atoms with E-state index < -0.39 is 34.4 Å². The summed E-state index contributed by atoms with van der Waals surface area (Å²) in [5, 5.41) is 17.5. The van der Waals surface area contributed by atoms with E-state index in [1.165, 1.54) is 0 Å². The van der Waals surface area contributed by atoms with Gasteiger partial charge in [0.2, 0.25) is 0 Å². The summed E-state index contributed by atoms with van der Waals surface area (Å²) in [6, 6.07) is 1.09. The molecule has 0 bridgehead atoms. The fourth-order valence-corrected chi connectivity index (χ4v) is 1.63. The maximum atomic E-state index is 12.5. The molecule has 0 saturated carbocycles. The van der Waals surface area contributed by atoms with E-state index in [2.05, 4.69) is 0 Å². The van der Waals surface area contributed by atoms with Gasteiger partial charge in [0.1, 0.15) is 5.75 Å². The quantitative estimate of drug-likeness (QED) is 0.895. The number of carboxylic acid groups (broad SMARTS) is 1. The molecule has 0 aliphatic carbocycles. The standard InChI is InChI=1S/C10H8ClF3O4/c1-18-8-5(7(15)9(16)17)2-4(3-6(8)11)10(12,13)14/h2-3,7,15H,1H3,(H,16,17). The smallest absolute Gasteiger partial charge is 0.416 e. The van der Waals surface area contributed by atoms with E-state index in [0.717, 1.165) is 7.11 Å². The third-order valence-corrected chi connectivity index (χ3v) is 2.41. The van der Waals surface area contributed by atoms with Crippen molar-refractivity contribution in [3.05, 3.63) is 28.3 Å². The lowest BCUT2D eigenvalue weighted by Crippen LogP contribution is -2.14. The van der Waals surface area contributed by atoms with Crippen molar-refractivity contribution in [3.63, 3.8) is 0 Å². The van der Waals surface area contributed by atoms with Gasteiger partial charge >= 0.3 is 12.1 Å². The highest BCUT2D eigenvalue weighted by Gasteiger charge is 2.34. The molecule has 1 atom stereocenters. The van der Waals surface area contributed by atoms with Crippen molar-refractivity contribution < 1.29 is 32.9 Å². The van der Waals surface area contributed by atoms with E-state index in [9.17, 15) is 23.1 Å². The van der Waals surface area contributed by atoms with Crippen LogP contribution in [0.25, 0.3) is 0 Å². The highest BCUT2D eigenvalue weighted by atomic mass is 35.5. The summed E-state index contributed by atoms with van der Waals surface area (Å²) in [6.07, 6.45) is -6.86. The summed E-state index contributed by atoms with van der Waals surface area (Å²) in [5.41, 5.74) is -1.71. The fourth-order valence-electron chi connectivity index (χ4n) is 1.33. The lowest BCUT2D eigenvalue weighted by atomic mass is 10.0. The van der Waals surface area contributed by atoms with Gasteiger partial charge in [-0.05, 0) is 12.1 Å². The van der Waals surface area contributed by atoms with Crippen LogP contribution >= 0.6 is 11.6 Å². The number of hydrogen-bond acceptors (Lipinski definition) is 3. The maximum absolute atomic E-state index is 12.5. The highest BCUT2D eigenvalue weighted by molar-refractivity contribution is 6.32. The molecule has 0 fully saturated rings. The minimum atomic E-state index is -4.71. The Hall–Kier alpha value is -1.47. The van der Waals surface area contributed by atoms with Gasteiger partial charge in [0.25, 0.3) is 0 Å². The molecule has 0 radical (unpaired) electrons. The van der Waals surface area contributed by atoms with Gasteiger partial charge in [-0.25, -0.2) is 4.79 Å². The second kappa shape index (κ2) is 5.03. The van der Waals surface area contributed by atoms with Crippen molar-refractivity contribution in [1.29, 1.82) is 0 Å². The van der Waals surface area contributed by atoms with Gasteiger partial charge in [-0.2, -0.15) is 13.2 Å². The molecule has 1 aromatic carbocycles. The number of ether oxygens (including phenoxy) is 1. The molecule has 0 saturated heterocycles. The molecule has 0 amide bonds. The van der Waals surface area contributed by atoms with Crippen molar-refractivity contribution in [2.24, 2.45) is 0 Å². The van der Waals surface area contributed by atoms with Crippen LogP contribution in [0.3, 0.4) is 0 Å². The summed E-state index contributed by atoms with van der Waals surface area (Å²) < 4.78 is 42.3. The number of carbonyl (C=O) groups is 1. The molecular formula is C10H8ClF3O4. The Morgan fingerprint density at radius 2 is 2.00 bits per heavy atom. The monoisotopic (exact) mass is 284 g/mol. The first-order chi connectivity index (χ1) is 8.18. The number of halogens is 4. The van der Waals surface area contributed by atoms with E-state index in [1.54, 1.807) is 0 Å². The van der Waals surface area contributed by atoms with Gasteiger partial charge in [-0.15, -0.1) is 0 Å². The summed E-state index contributed by atoms with van der Waals surface area (Å²) >= 11 is 5.56. The second-order valence-electron chi connectivity index (χ2n) is 3.32. The number of aliphatic carboxylic acids is 1. The molecule has 100 valence electrons. The molecule has 0 aliphatic heterocycles. The molecule has 1 aromatic rings. The largest absolute Gasteiger partial charge is 0.495 e. The van der Waals surface area contributed by atoms with Gasteiger partial charge in [0.15, 0.2) is 6.10 Å². The van der Waals surface area contributed by atoms with Crippen molar-refractivity contribution in [3.8, 4) is 5.75 Å². The Morgan fingerprint density at radius 3 is 2.39 bits per heavy atom. The Kier molecular flexibility index (Phi) is 4.08. The molecule has 2 N–H and O–H groups in total. The van der Waals surface area contributed by atoms with Crippen molar-refractivity contribution in [2.75, 3.05) is 7.11 Å². The first-order valence-electron chi connectivity index (χ1n) is 4.54. The normalized spacial score (nSPS) is 13.2. The molecule has 0 heterocycles. The zero-order chi connectivity index (χ0) is 14.1. The van der Waals surface area contributed by atoms with Crippen molar-refractivity contribution in [1.82, 2.24) is 0 Å². The zero-order valence-corrected chi connectivity index (χ0v) is 9.71. The van der Waals surface area contributed by atoms with E-state index in [4.69, 9.17) is 21.4 Å². The lowest BCUT2D eigenvalue weighted by molar-refractivity contribution is -0.147. The minimum Gasteiger partial charge on any atom is -0.495 e. The molecule has 8 heteroatoms. The zero-order valence-electron chi connectivity index (χ0n) is 8.95. The molecule has 0 spiro atoms. The van der Waals surface area contributed by atoms with Crippen LogP contribution in [0.4, 0.5) is 13.2 Å². The van der Waals surface area contributed by atoms with Crippen molar-refractivity contribution >= 4 is 17.6 Å². The number of rotatable bonds is 3. The molecular weight excluding hydrogens is 277 g/mol. The number of alkyl halides is 3. The number of methoxy groups -OCH3 is 1. The number of hydrogen-bond donors (Lipinski definition) is 2. The average molecular weight is 285 g/mol. The lowest BCUT2D eigenvalue weighted by Gasteiger charge is -2.16. The molecule has 0 aliphatic rings. The van der Waals surface area contributed by atoms with Crippen molar-refractivity contribution in [2.45, 2.75) is 12.3 Å². The number of aliphatic hydroxyl groups is 1. The Labute approximate surface area is 105 Å². The third kappa shape index (κ3) is 2.85. The summed E-state index contributed by atoms with van der Waals surface area (Å²) in [6.45, 7) is 0. The first-order valence-corrected chi connectivity index (χ1v) is 4.91. The van der Waals surface area contributed by atoms with Gasteiger partial charge < -0.3 is 14.9 Å². The SMILES string of the molecule is COc1c(Cl)cc(C(F)(F)F)cc1C(O)C(=O)O. The van der Waals surface area contributed by atoms with Crippen LogP contribution in [-0.4, -0.2) is 23.3 Å². The summed E-state index contributed by atoms with van der Waals surface area (Å²) in [5.74, 6) is -2.01. The molecule has 1 unspecified atom stereocenters. The molecule has 18 heavy (non-hydrogen) atoms. The Morgan fingerprint density at radius 1 is 1.44 bits per heavy atom. The van der Waals surface area contributed by atoms with Crippen LogP contribution in [0.2, 0.25) is 5.02 Å². The van der Waals surface area contributed by atoms with E-state index in [0.29, 0.717) is 12.1 Å². The second-order valence-corrected chi connectivity index (χ2v) is 3.73. The first kappa shape index (κ1) is 14.6. The average Bonchev–Trinajstić information content (AvgIpc) is 2.25. The number of aliphatic hydroxyl groups excluding tert-OH is 1. The molecule has 0 aromatic heterocycles. The van der Waals surface area contributed by atoms with Gasteiger partial charge in [-0.1, -0.05) is 11.6 Å². The molecule has 4 nitrogen and oxygen atoms in total. The minimum absolute atomic E-state index is 0.306. The summed E-state index contributed by atoms with van der Waals surface area (Å²) in [7, 11) is 1.10. The van der Waals surface area contributed by atoms with Gasteiger partial charge in [0.05, 0.1) is 17.7 Å². The number of carboxylic acids is 1. The predicted molar refractivity (Wildman–Crippen MR) is 55.6 cm³/mol. The van der Waals surface area contributed by atoms with Crippen LogP contribution in [0, 0.1) is 0 Å². The fraction of sp³-hybridized carbons (Fsp3) is 0.300. The maximum Gasteiger partial charge on any atom is 0.416 e. The van der Waals surface area contributed by atoms with Gasteiger partial charge in [0, 0.05) is 5.56 Å². The van der Waals surface area contributed by atoms with Crippen LogP contribution in [-0.2, 0) is 11.0 Å². The van der Waals surface area contributed by atoms with Crippen LogP contribution in [0.5, 0.6) is 5.75 Å². The molecule has 1 rings (SSSR count). The van der Waals surface area contributed by atoms with Crippen LogP contribution < -0.4 is 4.74 Å². The topological polar surface area (TPSA) is 66.8 Å². The van der Waals surface area contributed by atoms with Gasteiger partial charge in [-0.3, -0.25) is 0 Å². The third-order valence-electron chi connectivity index (χ3n) is 2.13. The predicted octanol–water partition coefficient (Wildman–Crippen LogP) is 2.49. The van der Waals surface area contributed by atoms with Crippen LogP contribution in [0.1, 0.15) is 17.2 Å². The Balaban J connectivity index is 3.46. The Bertz CT molecular complexity index is 473. The van der Waals surface area contributed by atoms with Crippen LogP contribution in [0.15, 0.2) is 12.1 Å². The van der Waals surface area contributed by atoms with E-state index in [-0.39, 0.29) is 5.75 Å². The summed E-state index contributed by atoms with van der Waals surface area (Å²) in [4.78, 5) is 10.6. The highest BCUT2D eigenvalue weighted by Crippen LogP contribution is 2.39.